The lowest BCUT2D eigenvalue weighted by molar-refractivity contribution is -0.134. The van der Waals surface area contributed by atoms with Crippen LogP contribution in [0.25, 0.3) is 16.9 Å². The zero-order chi connectivity index (χ0) is 35.8. The third-order valence-electron chi connectivity index (χ3n) is 10.8. The first-order valence-corrected chi connectivity index (χ1v) is 18.0. The number of imidazole rings is 1. The zero-order valence-corrected chi connectivity index (χ0v) is 29.1. The molecule has 52 heavy (non-hydrogen) atoms. The number of piperidine rings is 2. The number of fused-ring (bicyclic) bond motifs is 1. The Labute approximate surface area is 300 Å². The highest BCUT2D eigenvalue weighted by atomic mass is 19.1. The Kier molecular flexibility index (Phi) is 9.41. The average Bonchev–Trinajstić information content (AvgIpc) is 3.84. The fraction of sp³-hybridized carbons (Fsp3) is 0.395. The summed E-state index contributed by atoms with van der Waals surface area (Å²) in [6.45, 7) is 9.69. The molecule has 3 saturated heterocycles. The number of aromatic nitrogens is 5. The van der Waals surface area contributed by atoms with Crippen molar-refractivity contribution in [3.8, 4) is 11.3 Å². The van der Waals surface area contributed by atoms with Gasteiger partial charge in [-0.25, -0.2) is 18.7 Å². The molecule has 12 nitrogen and oxygen atoms in total. The zero-order valence-electron chi connectivity index (χ0n) is 29.1. The van der Waals surface area contributed by atoms with Crippen LogP contribution in [0.5, 0.6) is 0 Å². The number of piperazine rings is 1. The Morgan fingerprint density at radius 2 is 1.63 bits per heavy atom. The summed E-state index contributed by atoms with van der Waals surface area (Å²) in [5.41, 5.74) is 4.56. The number of carbonyl (C=O) groups excluding carboxylic acids is 2. The fourth-order valence-corrected chi connectivity index (χ4v) is 7.65. The van der Waals surface area contributed by atoms with Gasteiger partial charge >= 0.3 is 0 Å². The number of anilines is 3. The molecule has 3 aliphatic rings. The van der Waals surface area contributed by atoms with Gasteiger partial charge in [0.2, 0.25) is 11.8 Å². The number of carbonyl (C=O) groups is 2. The fourth-order valence-electron chi connectivity index (χ4n) is 7.65. The molecule has 8 rings (SSSR count). The van der Waals surface area contributed by atoms with Gasteiger partial charge in [-0.1, -0.05) is 12.1 Å². The largest absolute Gasteiger partial charge is 0.369 e. The van der Waals surface area contributed by atoms with Crippen molar-refractivity contribution < 1.29 is 18.4 Å². The molecule has 1 unspecified atom stereocenters. The Bertz CT molecular complexity index is 2080. The molecule has 14 heteroatoms. The number of aryl methyl sites for hydroxylation is 1. The number of nitrogens with one attached hydrogen (secondary N) is 2. The molecule has 3 aromatic heterocycles. The van der Waals surface area contributed by atoms with Crippen molar-refractivity contribution in [1.82, 2.24) is 39.3 Å². The highest BCUT2D eigenvalue weighted by molar-refractivity contribution is 6.01. The third kappa shape index (κ3) is 7.00. The Hall–Kier alpha value is -5.21. The number of benzene rings is 2. The van der Waals surface area contributed by atoms with Crippen LogP contribution in [-0.4, -0.2) is 98.1 Å². The van der Waals surface area contributed by atoms with Gasteiger partial charge in [-0.3, -0.25) is 28.9 Å². The number of nitrogens with zero attached hydrogens (tertiary/aromatic N) is 8. The molecule has 0 bridgehead atoms. The van der Waals surface area contributed by atoms with Gasteiger partial charge in [-0.2, -0.15) is 5.10 Å². The Morgan fingerprint density at radius 3 is 2.38 bits per heavy atom. The number of likely N-dealkylation sites (tertiary alicyclic amines) is 1. The van der Waals surface area contributed by atoms with Gasteiger partial charge < -0.3 is 15.1 Å². The second-order valence-electron chi connectivity index (χ2n) is 14.0. The van der Waals surface area contributed by atoms with Crippen LogP contribution in [0.1, 0.15) is 48.8 Å². The molecule has 0 saturated carbocycles. The third-order valence-corrected chi connectivity index (χ3v) is 10.8. The van der Waals surface area contributed by atoms with Crippen molar-refractivity contribution in [3.05, 3.63) is 90.1 Å². The van der Waals surface area contributed by atoms with E-state index in [1.807, 2.05) is 23.0 Å². The van der Waals surface area contributed by atoms with Crippen LogP contribution < -0.4 is 15.5 Å². The summed E-state index contributed by atoms with van der Waals surface area (Å²) in [5.74, 6) is -1.35. The highest BCUT2D eigenvalue weighted by Crippen LogP contribution is 2.30. The van der Waals surface area contributed by atoms with E-state index >= 15 is 0 Å². The number of imide groups is 1. The van der Waals surface area contributed by atoms with E-state index < -0.39 is 11.6 Å². The van der Waals surface area contributed by atoms with E-state index in [2.05, 4.69) is 52.5 Å². The van der Waals surface area contributed by atoms with Crippen LogP contribution in [0, 0.1) is 18.6 Å². The van der Waals surface area contributed by atoms with Gasteiger partial charge in [0.1, 0.15) is 11.6 Å². The van der Waals surface area contributed by atoms with E-state index in [-0.39, 0.29) is 23.3 Å². The predicted molar refractivity (Wildman–Crippen MR) is 194 cm³/mol. The smallest absolute Gasteiger partial charge is 0.234 e. The van der Waals surface area contributed by atoms with Gasteiger partial charge in [0.25, 0.3) is 0 Å². The van der Waals surface area contributed by atoms with Crippen molar-refractivity contribution >= 4 is 34.7 Å². The van der Waals surface area contributed by atoms with E-state index in [0.717, 1.165) is 82.5 Å². The molecule has 270 valence electrons. The number of rotatable bonds is 9. The average molecular weight is 709 g/mol. The van der Waals surface area contributed by atoms with E-state index in [0.29, 0.717) is 41.6 Å². The number of halogens is 2. The number of amides is 2. The maximum atomic E-state index is 14.7. The van der Waals surface area contributed by atoms with E-state index in [1.165, 1.54) is 11.8 Å². The summed E-state index contributed by atoms with van der Waals surface area (Å²) in [6.07, 6.45) is 11.7. The molecular formula is C38H42F2N10O2. The number of hydrogen-bond donors (Lipinski definition) is 2. The van der Waals surface area contributed by atoms with Crippen molar-refractivity contribution in [1.29, 1.82) is 0 Å². The molecule has 0 radical (unpaired) electrons. The highest BCUT2D eigenvalue weighted by Gasteiger charge is 2.28. The standard InChI is InChI=1S/C38H42F2N10O2/c1-25-20-31(33(40)21-32(25)39)34-23-42-36(37-41-10-13-49(34)37)44-27-22-43-50(24-27)29-8-11-46(12-9-29)14-15-47-16-18-48(19-17-47)28-4-2-26(3-5-28)30-6-7-35(51)45-38(30)52/h2-5,10,13,20-24,29-30H,6-9,11-12,14-19H2,1H3,(H,42,44)(H,45,51,52). The first-order chi connectivity index (χ1) is 25.3. The lowest BCUT2D eigenvalue weighted by Crippen LogP contribution is -2.49. The van der Waals surface area contributed by atoms with Crippen molar-refractivity contribution in [2.45, 2.75) is 44.6 Å². The Balaban J connectivity index is 0.798. The summed E-state index contributed by atoms with van der Waals surface area (Å²) < 4.78 is 32.4. The van der Waals surface area contributed by atoms with Crippen molar-refractivity contribution in [2.24, 2.45) is 0 Å². The monoisotopic (exact) mass is 708 g/mol. The van der Waals surface area contributed by atoms with Crippen LogP contribution in [-0.2, 0) is 9.59 Å². The SMILES string of the molecule is Cc1cc(-c2cnc(Nc3cnn(C4CCN(CCN5CCN(c6ccc(C7CCC(=O)NC7=O)cc6)CC5)CC4)c3)c3nccn23)c(F)cc1F. The first kappa shape index (κ1) is 33.9. The first-order valence-electron chi connectivity index (χ1n) is 18.0. The summed E-state index contributed by atoms with van der Waals surface area (Å²) >= 11 is 0. The van der Waals surface area contributed by atoms with Gasteiger partial charge in [0.15, 0.2) is 11.5 Å². The van der Waals surface area contributed by atoms with Crippen LogP contribution in [0.4, 0.5) is 26.0 Å². The molecule has 0 spiro atoms. The van der Waals surface area contributed by atoms with E-state index in [4.69, 9.17) is 0 Å². The summed E-state index contributed by atoms with van der Waals surface area (Å²) in [4.78, 5) is 40.2. The lowest BCUT2D eigenvalue weighted by Gasteiger charge is -2.38. The lowest BCUT2D eigenvalue weighted by atomic mass is 9.90. The molecule has 3 fully saturated rings. The molecule has 2 aromatic carbocycles. The molecule has 5 aromatic rings. The molecule has 2 N–H and O–H groups in total. The van der Waals surface area contributed by atoms with Crippen molar-refractivity contribution in [2.75, 3.05) is 62.6 Å². The second-order valence-corrected chi connectivity index (χ2v) is 14.0. The minimum Gasteiger partial charge on any atom is -0.369 e. The van der Waals surface area contributed by atoms with Gasteiger partial charge in [-0.05, 0) is 55.5 Å². The molecule has 3 aliphatic heterocycles. The van der Waals surface area contributed by atoms with Crippen LogP contribution >= 0.6 is 0 Å². The van der Waals surface area contributed by atoms with Gasteiger partial charge in [0, 0.05) is 94.7 Å². The van der Waals surface area contributed by atoms with Crippen molar-refractivity contribution in [3.63, 3.8) is 0 Å². The summed E-state index contributed by atoms with van der Waals surface area (Å²) in [7, 11) is 0. The quantitative estimate of drug-likeness (QED) is 0.206. The minimum absolute atomic E-state index is 0.185. The predicted octanol–water partition coefficient (Wildman–Crippen LogP) is 4.90. The molecule has 2 amide bonds. The second kappa shape index (κ2) is 14.4. The normalized spacial score (nSPS) is 19.4. The van der Waals surface area contributed by atoms with Crippen LogP contribution in [0.2, 0.25) is 0 Å². The molecule has 0 aliphatic carbocycles. The Morgan fingerprint density at radius 1 is 0.885 bits per heavy atom. The summed E-state index contributed by atoms with van der Waals surface area (Å²) in [5, 5.41) is 10.4. The molecule has 1 atom stereocenters. The maximum absolute atomic E-state index is 14.7. The van der Waals surface area contributed by atoms with E-state index in [9.17, 15) is 18.4 Å². The molecule has 6 heterocycles. The number of hydrogen-bond acceptors (Lipinski definition) is 9. The maximum Gasteiger partial charge on any atom is 0.234 e. The van der Waals surface area contributed by atoms with Crippen LogP contribution in [0.15, 0.2) is 67.4 Å². The summed E-state index contributed by atoms with van der Waals surface area (Å²) in [6, 6.07) is 11.0. The van der Waals surface area contributed by atoms with Crippen LogP contribution in [0.3, 0.4) is 0 Å². The van der Waals surface area contributed by atoms with E-state index in [1.54, 1.807) is 36.1 Å². The topological polar surface area (TPSA) is 116 Å². The van der Waals surface area contributed by atoms with Gasteiger partial charge in [0.05, 0.1) is 35.7 Å². The molecular weight excluding hydrogens is 666 g/mol. The minimum atomic E-state index is -0.652. The van der Waals surface area contributed by atoms with Gasteiger partial charge in [-0.15, -0.1) is 0 Å².